The number of halogens is 1. The summed E-state index contributed by atoms with van der Waals surface area (Å²) in [6, 6.07) is 1.46. The third-order valence-corrected chi connectivity index (χ3v) is 3.20. The Hall–Kier alpha value is -0.780. The van der Waals surface area contributed by atoms with Crippen molar-refractivity contribution in [3.63, 3.8) is 0 Å². The molecule has 1 aromatic rings. The van der Waals surface area contributed by atoms with E-state index >= 15 is 0 Å². The van der Waals surface area contributed by atoms with E-state index in [1.54, 1.807) is 0 Å². The number of aliphatic hydroxyl groups is 1. The van der Waals surface area contributed by atoms with Crippen molar-refractivity contribution in [1.82, 2.24) is 0 Å². The Morgan fingerprint density at radius 3 is 3.00 bits per heavy atom. The monoisotopic (exact) mass is 273 g/mol. The lowest BCUT2D eigenvalue weighted by molar-refractivity contribution is 0.173. The highest BCUT2D eigenvalue weighted by molar-refractivity contribution is 9.10. The van der Waals surface area contributed by atoms with Crippen LogP contribution in [0.2, 0.25) is 0 Å². The van der Waals surface area contributed by atoms with Crippen molar-refractivity contribution in [3.8, 4) is 11.5 Å². The molecule has 0 radical (unpaired) electrons. The molecule has 15 heavy (non-hydrogen) atoms. The van der Waals surface area contributed by atoms with Crippen LogP contribution in [0, 0.1) is 6.92 Å². The Balaban J connectivity index is 2.56. The minimum Gasteiger partial charge on any atom is -0.454 e. The smallest absolute Gasteiger partial charge is 0.231 e. The van der Waals surface area contributed by atoms with E-state index in [9.17, 15) is 0 Å². The van der Waals surface area contributed by atoms with Gasteiger partial charge in [-0.1, -0.05) is 0 Å². The predicted molar refractivity (Wildman–Crippen MR) is 59.0 cm³/mol. The van der Waals surface area contributed by atoms with E-state index in [1.165, 1.54) is 0 Å². The highest BCUT2D eigenvalue weighted by Crippen LogP contribution is 2.44. The van der Waals surface area contributed by atoms with E-state index in [4.69, 9.17) is 20.3 Å². The number of nitrogens with two attached hydrogens (primary N) is 1. The van der Waals surface area contributed by atoms with E-state index in [1.807, 2.05) is 13.0 Å². The molecule has 3 N–H and O–H groups in total. The van der Waals surface area contributed by atoms with Gasteiger partial charge in [-0.2, -0.15) is 0 Å². The van der Waals surface area contributed by atoms with Crippen LogP contribution in [0.25, 0.3) is 0 Å². The first-order valence-corrected chi connectivity index (χ1v) is 5.39. The van der Waals surface area contributed by atoms with Crippen LogP contribution in [0.1, 0.15) is 17.2 Å². The lowest BCUT2D eigenvalue weighted by atomic mass is 10.0. The van der Waals surface area contributed by atoms with Crippen LogP contribution in [0.5, 0.6) is 11.5 Å². The van der Waals surface area contributed by atoms with E-state index in [0.29, 0.717) is 11.5 Å². The average molecular weight is 274 g/mol. The second-order valence-corrected chi connectivity index (χ2v) is 4.24. The molecule has 5 heteroatoms. The zero-order valence-electron chi connectivity index (χ0n) is 8.29. The van der Waals surface area contributed by atoms with Gasteiger partial charge < -0.3 is 20.3 Å². The van der Waals surface area contributed by atoms with Crippen LogP contribution in [0.3, 0.4) is 0 Å². The minimum absolute atomic E-state index is 0.0981. The molecule has 0 aliphatic carbocycles. The molecule has 1 aliphatic rings. The van der Waals surface area contributed by atoms with Crippen molar-refractivity contribution >= 4 is 15.9 Å². The number of hydrogen-bond acceptors (Lipinski definition) is 4. The minimum atomic E-state index is -0.408. The lowest BCUT2D eigenvalue weighted by Crippen LogP contribution is -2.16. The van der Waals surface area contributed by atoms with Crippen LogP contribution in [-0.2, 0) is 0 Å². The van der Waals surface area contributed by atoms with Crippen molar-refractivity contribution < 1.29 is 14.6 Å². The fraction of sp³-hybridized carbons (Fsp3) is 0.400. The van der Waals surface area contributed by atoms with Gasteiger partial charge in [0.15, 0.2) is 11.5 Å². The first-order valence-electron chi connectivity index (χ1n) is 4.60. The van der Waals surface area contributed by atoms with E-state index < -0.39 is 6.04 Å². The van der Waals surface area contributed by atoms with Gasteiger partial charge in [0.2, 0.25) is 6.79 Å². The topological polar surface area (TPSA) is 64.7 Å². The number of aliphatic hydroxyl groups excluding tert-OH is 1. The number of rotatable bonds is 2. The summed E-state index contributed by atoms with van der Waals surface area (Å²) in [5.41, 5.74) is 7.66. The van der Waals surface area contributed by atoms with Crippen LogP contribution in [0.4, 0.5) is 0 Å². The first-order chi connectivity index (χ1) is 7.15. The van der Waals surface area contributed by atoms with Gasteiger partial charge in [0.05, 0.1) is 17.1 Å². The quantitative estimate of drug-likeness (QED) is 0.857. The summed E-state index contributed by atoms with van der Waals surface area (Å²) >= 11 is 3.43. The first kappa shape index (κ1) is 10.7. The molecule has 1 unspecified atom stereocenters. The Morgan fingerprint density at radius 1 is 1.60 bits per heavy atom. The summed E-state index contributed by atoms with van der Waals surface area (Å²) in [6.07, 6.45) is 0. The number of hydrogen-bond donors (Lipinski definition) is 2. The zero-order chi connectivity index (χ0) is 11.0. The third-order valence-electron chi connectivity index (χ3n) is 2.42. The predicted octanol–water partition coefficient (Wildman–Crippen LogP) is 1.48. The second kappa shape index (κ2) is 4.00. The molecule has 1 aromatic carbocycles. The number of fused-ring (bicyclic) bond motifs is 1. The molecule has 82 valence electrons. The van der Waals surface area contributed by atoms with Crippen molar-refractivity contribution in [2.24, 2.45) is 5.73 Å². The van der Waals surface area contributed by atoms with Gasteiger partial charge in [-0.3, -0.25) is 0 Å². The van der Waals surface area contributed by atoms with Crippen LogP contribution >= 0.6 is 15.9 Å². The number of ether oxygens (including phenoxy) is 2. The molecule has 1 atom stereocenters. The summed E-state index contributed by atoms with van der Waals surface area (Å²) in [6.45, 7) is 2.06. The molecule has 1 heterocycles. The highest BCUT2D eigenvalue weighted by atomic mass is 79.9. The zero-order valence-corrected chi connectivity index (χ0v) is 9.87. The number of benzene rings is 1. The van der Waals surface area contributed by atoms with E-state index in [-0.39, 0.29) is 13.4 Å². The summed E-state index contributed by atoms with van der Waals surface area (Å²) < 4.78 is 11.4. The summed E-state index contributed by atoms with van der Waals surface area (Å²) in [4.78, 5) is 0. The van der Waals surface area contributed by atoms with Crippen LogP contribution in [-0.4, -0.2) is 18.5 Å². The van der Waals surface area contributed by atoms with Gasteiger partial charge in [0.25, 0.3) is 0 Å². The SMILES string of the molecule is Cc1cc2c(c(Br)c1C(N)CO)OCO2. The molecule has 0 spiro atoms. The molecule has 1 aliphatic heterocycles. The molecular formula is C10H12BrNO3. The van der Waals surface area contributed by atoms with Gasteiger partial charge in [-0.15, -0.1) is 0 Å². The summed E-state index contributed by atoms with van der Waals surface area (Å²) in [5, 5.41) is 9.07. The molecular weight excluding hydrogens is 262 g/mol. The van der Waals surface area contributed by atoms with Gasteiger partial charge in [-0.25, -0.2) is 0 Å². The van der Waals surface area contributed by atoms with Crippen LogP contribution in [0.15, 0.2) is 10.5 Å². The van der Waals surface area contributed by atoms with E-state index in [0.717, 1.165) is 15.6 Å². The highest BCUT2D eigenvalue weighted by Gasteiger charge is 2.23. The molecule has 0 saturated heterocycles. The van der Waals surface area contributed by atoms with Crippen LogP contribution < -0.4 is 15.2 Å². The maximum Gasteiger partial charge on any atom is 0.231 e. The van der Waals surface area contributed by atoms with Crippen molar-refractivity contribution in [1.29, 1.82) is 0 Å². The van der Waals surface area contributed by atoms with Gasteiger partial charge in [0, 0.05) is 0 Å². The Bertz CT molecular complexity index is 395. The molecule has 0 bridgehead atoms. The van der Waals surface area contributed by atoms with Crippen molar-refractivity contribution in [3.05, 3.63) is 21.7 Å². The molecule has 0 aromatic heterocycles. The fourth-order valence-corrected chi connectivity index (χ4v) is 2.60. The van der Waals surface area contributed by atoms with Gasteiger partial charge in [-0.05, 0) is 40.0 Å². The molecule has 4 nitrogen and oxygen atoms in total. The standard InChI is InChI=1S/C10H12BrNO3/c1-5-2-7-10(15-4-14-7)9(11)8(5)6(12)3-13/h2,6,13H,3-4,12H2,1H3. The van der Waals surface area contributed by atoms with Gasteiger partial charge in [0.1, 0.15) is 0 Å². The fourth-order valence-electron chi connectivity index (χ4n) is 1.68. The average Bonchev–Trinajstić information content (AvgIpc) is 2.65. The Labute approximate surface area is 96.1 Å². The second-order valence-electron chi connectivity index (χ2n) is 3.44. The van der Waals surface area contributed by atoms with Crippen molar-refractivity contribution in [2.45, 2.75) is 13.0 Å². The third kappa shape index (κ3) is 1.71. The lowest BCUT2D eigenvalue weighted by Gasteiger charge is -2.15. The molecule has 0 saturated carbocycles. The Morgan fingerprint density at radius 2 is 2.33 bits per heavy atom. The molecule has 0 amide bonds. The summed E-state index contributed by atoms with van der Waals surface area (Å²) in [5.74, 6) is 1.38. The Kier molecular flexibility index (Phi) is 2.86. The largest absolute Gasteiger partial charge is 0.454 e. The maximum absolute atomic E-state index is 9.07. The number of aryl methyl sites for hydroxylation is 1. The molecule has 2 rings (SSSR count). The van der Waals surface area contributed by atoms with Crippen molar-refractivity contribution in [2.75, 3.05) is 13.4 Å². The maximum atomic E-state index is 9.07. The van der Waals surface area contributed by atoms with Gasteiger partial charge >= 0.3 is 0 Å². The molecule has 0 fully saturated rings. The summed E-state index contributed by atoms with van der Waals surface area (Å²) in [7, 11) is 0. The normalized spacial score (nSPS) is 15.5. The van der Waals surface area contributed by atoms with E-state index in [2.05, 4.69) is 15.9 Å².